The normalized spacial score (nSPS) is 11.0. The molecule has 6 nitrogen and oxygen atoms in total. The number of likely N-dealkylation sites (N-methyl/N-ethyl adjacent to an activating group) is 1. The van der Waals surface area contributed by atoms with Crippen molar-refractivity contribution in [2.75, 3.05) is 25.4 Å². The molecule has 7 heteroatoms. The van der Waals surface area contributed by atoms with Crippen LogP contribution in [0.3, 0.4) is 0 Å². The van der Waals surface area contributed by atoms with Crippen molar-refractivity contribution in [2.45, 2.75) is 25.5 Å². The molecule has 0 aliphatic heterocycles. The van der Waals surface area contributed by atoms with Crippen LogP contribution in [0, 0.1) is 0 Å². The summed E-state index contributed by atoms with van der Waals surface area (Å²) in [5, 5.41) is 12.6. The Morgan fingerprint density at radius 3 is 2.76 bits per heavy atom. The van der Waals surface area contributed by atoms with Crippen LogP contribution in [-0.4, -0.2) is 51.5 Å². The number of aromatic nitrogens is 2. The van der Waals surface area contributed by atoms with Gasteiger partial charge in [-0.2, -0.15) is 4.98 Å². The van der Waals surface area contributed by atoms with E-state index in [1.54, 1.807) is 0 Å². The largest absolute Gasteiger partial charge is 0.481 e. The first-order valence-electron chi connectivity index (χ1n) is 5.55. The maximum atomic E-state index is 10.4. The fourth-order valence-electron chi connectivity index (χ4n) is 1.32. The number of aliphatic carboxylic acids is 1. The lowest BCUT2D eigenvalue weighted by Crippen LogP contribution is -2.25. The quantitative estimate of drug-likeness (QED) is 0.701. The Balaban J connectivity index is 2.37. The number of nitrogens with zero attached hydrogens (tertiary/aromatic N) is 3. The van der Waals surface area contributed by atoms with Gasteiger partial charge >= 0.3 is 5.97 Å². The molecule has 17 heavy (non-hydrogen) atoms. The number of carboxylic acid groups (broad SMARTS) is 1. The molecule has 0 radical (unpaired) electrons. The highest BCUT2D eigenvalue weighted by Crippen LogP contribution is 2.14. The summed E-state index contributed by atoms with van der Waals surface area (Å²) >= 11 is 1.04. The molecule has 1 heterocycles. The highest BCUT2D eigenvalue weighted by atomic mass is 32.2. The molecule has 1 N–H and O–H groups in total. The topological polar surface area (TPSA) is 79.5 Å². The molecule has 0 aliphatic carbocycles. The molecule has 0 aliphatic rings. The zero-order chi connectivity index (χ0) is 12.7. The molecule has 1 aromatic heterocycles. The Bertz CT molecular complexity index is 352. The van der Waals surface area contributed by atoms with Crippen LogP contribution in [0.25, 0.3) is 0 Å². The number of carboxylic acids is 1. The van der Waals surface area contributed by atoms with Gasteiger partial charge < -0.3 is 14.5 Å². The first-order valence-corrected chi connectivity index (χ1v) is 6.53. The molecule has 0 bridgehead atoms. The van der Waals surface area contributed by atoms with Crippen molar-refractivity contribution < 1.29 is 14.4 Å². The molecule has 1 rings (SSSR count). The van der Waals surface area contributed by atoms with Crippen LogP contribution < -0.4 is 0 Å². The van der Waals surface area contributed by atoms with E-state index in [0.717, 1.165) is 37.8 Å². The average molecular weight is 259 g/mol. The molecule has 0 unspecified atom stereocenters. The number of thioether (sulfide) groups is 1. The minimum atomic E-state index is -0.891. The monoisotopic (exact) mass is 259 g/mol. The summed E-state index contributed by atoms with van der Waals surface area (Å²) in [5.74, 6) is -0.319. The van der Waals surface area contributed by atoms with E-state index in [1.165, 1.54) is 0 Å². The summed E-state index contributed by atoms with van der Waals surface area (Å²) in [4.78, 5) is 16.7. The fourth-order valence-corrected chi connectivity index (χ4v) is 1.83. The standard InChI is InChI=1S/C10H17N3O3S/c1-3-13(4-2)6-5-8-11-10(16-12-8)17-7-9(14)15/h3-7H2,1-2H3,(H,14,15). The molecule has 0 aromatic carbocycles. The molecular weight excluding hydrogens is 242 g/mol. The van der Waals surface area contributed by atoms with Crippen LogP contribution in [0.2, 0.25) is 0 Å². The highest BCUT2D eigenvalue weighted by Gasteiger charge is 2.09. The van der Waals surface area contributed by atoms with Gasteiger partial charge in [-0.1, -0.05) is 30.8 Å². The van der Waals surface area contributed by atoms with Crippen LogP contribution in [0.15, 0.2) is 9.75 Å². The Morgan fingerprint density at radius 2 is 2.18 bits per heavy atom. The zero-order valence-electron chi connectivity index (χ0n) is 10.0. The van der Waals surface area contributed by atoms with E-state index in [1.807, 2.05) is 0 Å². The Hall–Kier alpha value is -1.08. The van der Waals surface area contributed by atoms with Gasteiger partial charge in [0.1, 0.15) is 5.75 Å². The zero-order valence-corrected chi connectivity index (χ0v) is 10.9. The number of hydrogen-bond donors (Lipinski definition) is 1. The van der Waals surface area contributed by atoms with Gasteiger partial charge in [0, 0.05) is 13.0 Å². The third-order valence-corrected chi connectivity index (χ3v) is 3.12. The van der Waals surface area contributed by atoms with Crippen molar-refractivity contribution in [1.82, 2.24) is 15.0 Å². The van der Waals surface area contributed by atoms with Crippen molar-refractivity contribution in [3.8, 4) is 0 Å². The molecular formula is C10H17N3O3S. The van der Waals surface area contributed by atoms with Crippen molar-refractivity contribution in [2.24, 2.45) is 0 Å². The fraction of sp³-hybridized carbons (Fsp3) is 0.700. The van der Waals surface area contributed by atoms with Crippen molar-refractivity contribution in [3.05, 3.63) is 5.82 Å². The SMILES string of the molecule is CCN(CC)CCc1noc(SCC(=O)O)n1. The van der Waals surface area contributed by atoms with Crippen molar-refractivity contribution >= 4 is 17.7 Å². The van der Waals surface area contributed by atoms with Gasteiger partial charge in [-0.15, -0.1) is 0 Å². The van der Waals surface area contributed by atoms with Crippen LogP contribution in [0.4, 0.5) is 0 Å². The van der Waals surface area contributed by atoms with E-state index in [4.69, 9.17) is 9.63 Å². The second-order valence-corrected chi connectivity index (χ2v) is 4.36. The van der Waals surface area contributed by atoms with Gasteiger partial charge in [0.05, 0.1) is 0 Å². The highest BCUT2D eigenvalue weighted by molar-refractivity contribution is 7.99. The van der Waals surface area contributed by atoms with Crippen LogP contribution in [-0.2, 0) is 11.2 Å². The van der Waals surface area contributed by atoms with Gasteiger partial charge in [-0.25, -0.2) is 0 Å². The minimum absolute atomic E-state index is 0.0579. The lowest BCUT2D eigenvalue weighted by Gasteiger charge is -2.16. The van der Waals surface area contributed by atoms with E-state index in [0.29, 0.717) is 11.0 Å². The van der Waals surface area contributed by atoms with Crippen molar-refractivity contribution in [3.63, 3.8) is 0 Å². The summed E-state index contributed by atoms with van der Waals surface area (Å²) in [6, 6.07) is 0. The molecule has 1 aromatic rings. The molecule has 96 valence electrons. The molecule has 0 fully saturated rings. The predicted molar refractivity (Wildman–Crippen MR) is 64.1 cm³/mol. The van der Waals surface area contributed by atoms with Crippen LogP contribution in [0.5, 0.6) is 0 Å². The van der Waals surface area contributed by atoms with Gasteiger partial charge in [-0.3, -0.25) is 4.79 Å². The number of carbonyl (C=O) groups is 1. The van der Waals surface area contributed by atoms with Crippen LogP contribution >= 0.6 is 11.8 Å². The van der Waals surface area contributed by atoms with Crippen molar-refractivity contribution in [1.29, 1.82) is 0 Å². The van der Waals surface area contributed by atoms with E-state index in [9.17, 15) is 4.79 Å². The van der Waals surface area contributed by atoms with Crippen LogP contribution in [0.1, 0.15) is 19.7 Å². The van der Waals surface area contributed by atoms with E-state index in [-0.39, 0.29) is 5.75 Å². The summed E-state index contributed by atoms with van der Waals surface area (Å²) in [7, 11) is 0. The first-order chi connectivity index (χ1) is 8.15. The minimum Gasteiger partial charge on any atom is -0.481 e. The maximum absolute atomic E-state index is 10.4. The van der Waals surface area contributed by atoms with Gasteiger partial charge in [0.15, 0.2) is 5.82 Å². The predicted octanol–water partition coefficient (Wildman–Crippen LogP) is 1.13. The Labute approximate surface area is 104 Å². The lowest BCUT2D eigenvalue weighted by atomic mass is 10.3. The van der Waals surface area contributed by atoms with E-state index >= 15 is 0 Å². The van der Waals surface area contributed by atoms with Gasteiger partial charge in [-0.05, 0) is 13.1 Å². The number of rotatable bonds is 8. The van der Waals surface area contributed by atoms with Gasteiger partial charge in [0.25, 0.3) is 5.22 Å². The summed E-state index contributed by atoms with van der Waals surface area (Å²) in [6.45, 7) is 7.08. The Kier molecular flexibility index (Phi) is 5.99. The average Bonchev–Trinajstić information content (AvgIpc) is 2.76. The molecule has 0 saturated carbocycles. The summed E-state index contributed by atoms with van der Waals surface area (Å²) < 4.78 is 4.93. The molecule has 0 saturated heterocycles. The smallest absolute Gasteiger partial charge is 0.314 e. The third-order valence-electron chi connectivity index (χ3n) is 2.31. The van der Waals surface area contributed by atoms with E-state index in [2.05, 4.69) is 28.9 Å². The maximum Gasteiger partial charge on any atom is 0.314 e. The Morgan fingerprint density at radius 1 is 1.47 bits per heavy atom. The summed E-state index contributed by atoms with van der Waals surface area (Å²) in [6.07, 6.45) is 0.721. The molecule has 0 spiro atoms. The summed E-state index contributed by atoms with van der Waals surface area (Å²) in [5.41, 5.74) is 0. The molecule has 0 amide bonds. The van der Waals surface area contributed by atoms with Gasteiger partial charge in [0.2, 0.25) is 0 Å². The van der Waals surface area contributed by atoms with E-state index < -0.39 is 5.97 Å². The first kappa shape index (κ1) is 14.0. The second kappa shape index (κ2) is 7.29. The third kappa shape index (κ3) is 5.18. The lowest BCUT2D eigenvalue weighted by molar-refractivity contribution is -0.133. The molecule has 0 atom stereocenters. The second-order valence-electron chi connectivity index (χ2n) is 3.44. The number of hydrogen-bond acceptors (Lipinski definition) is 6.